The van der Waals surface area contributed by atoms with Crippen molar-refractivity contribution in [2.45, 2.75) is 32.7 Å². The molecule has 0 fully saturated rings. The third kappa shape index (κ3) is 6.40. The minimum absolute atomic E-state index is 0.0349. The smallest absolute Gasteiger partial charge is 0.251 e. The third-order valence-corrected chi connectivity index (χ3v) is 3.26. The first-order valence-electron chi connectivity index (χ1n) is 7.28. The summed E-state index contributed by atoms with van der Waals surface area (Å²) in [5, 5.41) is 14.6. The lowest BCUT2D eigenvalue weighted by molar-refractivity contribution is -0.122. The van der Waals surface area contributed by atoms with Gasteiger partial charge >= 0.3 is 0 Å². The number of hydrogen-bond donors (Lipinski definition) is 3. The zero-order chi connectivity index (χ0) is 15.7. The molecule has 3 N–H and O–H groups in total. The summed E-state index contributed by atoms with van der Waals surface area (Å²) in [6.45, 7) is 4.34. The largest absolute Gasteiger partial charge is 0.396 e. The van der Waals surface area contributed by atoms with Gasteiger partial charge in [0.05, 0.1) is 0 Å². The first-order valence-corrected chi connectivity index (χ1v) is 7.28. The number of benzene rings is 1. The van der Waals surface area contributed by atoms with Crippen LogP contribution in [0.4, 0.5) is 0 Å². The fourth-order valence-electron chi connectivity index (χ4n) is 1.97. The predicted octanol–water partition coefficient (Wildman–Crippen LogP) is 1.33. The van der Waals surface area contributed by atoms with Crippen molar-refractivity contribution in [1.29, 1.82) is 0 Å². The van der Waals surface area contributed by atoms with Crippen molar-refractivity contribution in [1.82, 2.24) is 10.6 Å². The molecule has 0 saturated carbocycles. The molecule has 0 aliphatic rings. The van der Waals surface area contributed by atoms with E-state index in [4.69, 9.17) is 5.11 Å². The second-order valence-electron chi connectivity index (χ2n) is 5.30. The van der Waals surface area contributed by atoms with E-state index in [1.165, 1.54) is 0 Å². The quantitative estimate of drug-likeness (QED) is 0.676. The Kier molecular flexibility index (Phi) is 7.46. The lowest BCUT2D eigenvalue weighted by Gasteiger charge is -2.21. The molecule has 0 aliphatic carbocycles. The average molecular weight is 292 g/mol. The second kappa shape index (κ2) is 9.13. The molecule has 0 saturated heterocycles. The molecule has 1 atom stereocenters. The van der Waals surface area contributed by atoms with Crippen LogP contribution < -0.4 is 10.6 Å². The van der Waals surface area contributed by atoms with Crippen molar-refractivity contribution in [3.8, 4) is 0 Å². The summed E-state index contributed by atoms with van der Waals surface area (Å²) < 4.78 is 0. The van der Waals surface area contributed by atoms with Crippen LogP contribution in [0.25, 0.3) is 0 Å². The van der Waals surface area contributed by atoms with E-state index in [0.717, 1.165) is 0 Å². The monoisotopic (exact) mass is 292 g/mol. The predicted molar refractivity (Wildman–Crippen MR) is 81.9 cm³/mol. The minimum Gasteiger partial charge on any atom is -0.396 e. The van der Waals surface area contributed by atoms with E-state index in [9.17, 15) is 9.59 Å². The molecular formula is C16H24N2O3. The number of aliphatic hydroxyl groups is 1. The SMILES string of the molecule is CC(C)C(CCO)NC(=O)CCNC(=O)c1ccccc1. The van der Waals surface area contributed by atoms with E-state index in [0.29, 0.717) is 18.5 Å². The van der Waals surface area contributed by atoms with Crippen molar-refractivity contribution in [2.24, 2.45) is 5.92 Å². The number of aliphatic hydroxyl groups excluding tert-OH is 1. The van der Waals surface area contributed by atoms with Crippen LogP contribution in [-0.2, 0) is 4.79 Å². The fraction of sp³-hybridized carbons (Fsp3) is 0.500. The molecule has 0 aromatic heterocycles. The van der Waals surface area contributed by atoms with Crippen LogP contribution in [0.3, 0.4) is 0 Å². The van der Waals surface area contributed by atoms with E-state index < -0.39 is 0 Å². The summed E-state index contributed by atoms with van der Waals surface area (Å²) in [6, 6.07) is 8.86. The molecule has 1 aromatic carbocycles. The fourth-order valence-corrected chi connectivity index (χ4v) is 1.97. The van der Waals surface area contributed by atoms with Gasteiger partial charge in [-0.3, -0.25) is 9.59 Å². The zero-order valence-electron chi connectivity index (χ0n) is 12.6. The van der Waals surface area contributed by atoms with Crippen LogP contribution >= 0.6 is 0 Å². The molecule has 0 radical (unpaired) electrons. The molecule has 0 spiro atoms. The highest BCUT2D eigenvalue weighted by molar-refractivity contribution is 5.94. The van der Waals surface area contributed by atoms with E-state index in [1.54, 1.807) is 24.3 Å². The van der Waals surface area contributed by atoms with Crippen molar-refractivity contribution in [3.63, 3.8) is 0 Å². The Morgan fingerprint density at radius 1 is 1.19 bits per heavy atom. The lowest BCUT2D eigenvalue weighted by atomic mass is 10.0. The van der Waals surface area contributed by atoms with E-state index in [2.05, 4.69) is 10.6 Å². The Hall–Kier alpha value is -1.88. The molecule has 0 bridgehead atoms. The second-order valence-corrected chi connectivity index (χ2v) is 5.30. The van der Waals surface area contributed by atoms with Gasteiger partial charge < -0.3 is 15.7 Å². The van der Waals surface area contributed by atoms with Gasteiger partial charge in [0, 0.05) is 31.2 Å². The summed E-state index contributed by atoms with van der Waals surface area (Å²) in [6.07, 6.45) is 0.771. The average Bonchev–Trinajstić information content (AvgIpc) is 2.47. The van der Waals surface area contributed by atoms with Gasteiger partial charge in [0.25, 0.3) is 5.91 Å². The minimum atomic E-state index is -0.181. The summed E-state index contributed by atoms with van der Waals surface area (Å²) in [5.41, 5.74) is 0.582. The van der Waals surface area contributed by atoms with Crippen molar-refractivity contribution in [3.05, 3.63) is 35.9 Å². The highest BCUT2D eigenvalue weighted by Crippen LogP contribution is 2.05. The summed E-state index contributed by atoms with van der Waals surface area (Å²) in [4.78, 5) is 23.6. The molecule has 0 heterocycles. The Bertz CT molecular complexity index is 446. The summed E-state index contributed by atoms with van der Waals surface area (Å²) in [5.74, 6) is -0.0327. The van der Waals surface area contributed by atoms with E-state index >= 15 is 0 Å². The van der Waals surface area contributed by atoms with E-state index in [-0.39, 0.29) is 36.8 Å². The van der Waals surface area contributed by atoms with Gasteiger partial charge in [0.15, 0.2) is 0 Å². The molecular weight excluding hydrogens is 268 g/mol. The molecule has 1 aromatic rings. The molecule has 5 heteroatoms. The highest BCUT2D eigenvalue weighted by atomic mass is 16.3. The Morgan fingerprint density at radius 3 is 2.43 bits per heavy atom. The maximum atomic E-state index is 11.8. The normalized spacial score (nSPS) is 12.0. The van der Waals surface area contributed by atoms with Crippen LogP contribution in [0.2, 0.25) is 0 Å². The first-order chi connectivity index (χ1) is 10.0. The first kappa shape index (κ1) is 17.2. The molecule has 1 unspecified atom stereocenters. The Balaban J connectivity index is 2.31. The number of rotatable bonds is 8. The van der Waals surface area contributed by atoms with Crippen molar-refractivity contribution in [2.75, 3.05) is 13.2 Å². The van der Waals surface area contributed by atoms with Gasteiger partial charge in [-0.15, -0.1) is 0 Å². The van der Waals surface area contributed by atoms with Gasteiger partial charge in [0.2, 0.25) is 5.91 Å². The topological polar surface area (TPSA) is 78.4 Å². The Morgan fingerprint density at radius 2 is 1.86 bits per heavy atom. The van der Waals surface area contributed by atoms with Gasteiger partial charge in [-0.25, -0.2) is 0 Å². The Labute approximate surface area is 125 Å². The molecule has 21 heavy (non-hydrogen) atoms. The van der Waals surface area contributed by atoms with Crippen LogP contribution in [0, 0.1) is 5.92 Å². The van der Waals surface area contributed by atoms with Crippen LogP contribution in [0.5, 0.6) is 0 Å². The maximum absolute atomic E-state index is 11.8. The van der Waals surface area contributed by atoms with Crippen LogP contribution in [0.15, 0.2) is 30.3 Å². The molecule has 1 rings (SSSR count). The number of hydrogen-bond acceptors (Lipinski definition) is 3. The maximum Gasteiger partial charge on any atom is 0.251 e. The van der Waals surface area contributed by atoms with Crippen LogP contribution in [0.1, 0.15) is 37.0 Å². The third-order valence-electron chi connectivity index (χ3n) is 3.26. The van der Waals surface area contributed by atoms with Gasteiger partial charge in [-0.2, -0.15) is 0 Å². The number of nitrogens with one attached hydrogen (secondary N) is 2. The van der Waals surface area contributed by atoms with Crippen molar-refractivity contribution >= 4 is 11.8 Å². The molecule has 116 valence electrons. The lowest BCUT2D eigenvalue weighted by Crippen LogP contribution is -2.40. The van der Waals surface area contributed by atoms with Gasteiger partial charge in [0.1, 0.15) is 0 Å². The summed E-state index contributed by atoms with van der Waals surface area (Å²) >= 11 is 0. The highest BCUT2D eigenvalue weighted by Gasteiger charge is 2.15. The molecule has 5 nitrogen and oxygen atoms in total. The standard InChI is InChI=1S/C16H24N2O3/c1-12(2)14(9-11-19)18-15(20)8-10-17-16(21)13-6-4-3-5-7-13/h3-7,12,14,19H,8-11H2,1-2H3,(H,17,21)(H,18,20). The van der Waals surface area contributed by atoms with E-state index in [1.807, 2.05) is 19.9 Å². The number of carbonyl (C=O) groups is 2. The van der Waals surface area contributed by atoms with Crippen molar-refractivity contribution < 1.29 is 14.7 Å². The number of carbonyl (C=O) groups excluding carboxylic acids is 2. The molecule has 0 aliphatic heterocycles. The van der Waals surface area contributed by atoms with Gasteiger partial charge in [-0.05, 0) is 24.5 Å². The zero-order valence-corrected chi connectivity index (χ0v) is 12.6. The van der Waals surface area contributed by atoms with Gasteiger partial charge in [-0.1, -0.05) is 32.0 Å². The molecule has 2 amide bonds. The summed E-state index contributed by atoms with van der Waals surface area (Å²) in [7, 11) is 0. The van der Waals surface area contributed by atoms with Crippen LogP contribution in [-0.4, -0.2) is 36.1 Å². The number of amides is 2.